The van der Waals surface area contributed by atoms with Crippen LogP contribution < -0.4 is 0 Å². The first-order valence-electron chi connectivity index (χ1n) is 12.7. The van der Waals surface area contributed by atoms with Crippen molar-refractivity contribution in [1.82, 2.24) is 4.90 Å². The third kappa shape index (κ3) is 5.34. The molecule has 2 atom stereocenters. The summed E-state index contributed by atoms with van der Waals surface area (Å²) in [5.74, 6) is 1.14. The number of aryl methyl sites for hydroxylation is 1. The van der Waals surface area contributed by atoms with Crippen LogP contribution in [0.4, 0.5) is 4.79 Å². The monoisotopic (exact) mass is 503 g/mol. The summed E-state index contributed by atoms with van der Waals surface area (Å²) in [5, 5.41) is 0. The van der Waals surface area contributed by atoms with Gasteiger partial charge in [-0.1, -0.05) is 60.2 Å². The lowest BCUT2D eigenvalue weighted by atomic mass is 9.88. The molecule has 0 spiro atoms. The molecule has 0 aromatic heterocycles. The highest BCUT2D eigenvalue weighted by atomic mass is 32.2. The highest BCUT2D eigenvalue weighted by Crippen LogP contribution is 2.57. The van der Waals surface area contributed by atoms with Crippen molar-refractivity contribution in [3.63, 3.8) is 0 Å². The average Bonchev–Trinajstić information content (AvgIpc) is 3.65. The fourth-order valence-corrected chi connectivity index (χ4v) is 6.39. The summed E-state index contributed by atoms with van der Waals surface area (Å²) in [6.07, 6.45) is 10.4. The van der Waals surface area contributed by atoms with Crippen LogP contribution in [-0.2, 0) is 21.0 Å². The Hall–Kier alpha value is -3.12. The molecule has 2 aromatic carbocycles. The van der Waals surface area contributed by atoms with Crippen molar-refractivity contribution in [3.05, 3.63) is 100 Å². The van der Waals surface area contributed by atoms with Gasteiger partial charge in [0.2, 0.25) is 0 Å². The van der Waals surface area contributed by atoms with E-state index < -0.39 is 15.9 Å². The maximum absolute atomic E-state index is 12.4. The average molecular weight is 504 g/mol. The summed E-state index contributed by atoms with van der Waals surface area (Å²) < 4.78 is 30.1. The summed E-state index contributed by atoms with van der Waals surface area (Å²) in [5.41, 5.74) is 8.23. The van der Waals surface area contributed by atoms with Crippen molar-refractivity contribution in [3.8, 4) is 0 Å². The Morgan fingerprint density at radius 1 is 1.11 bits per heavy atom. The Balaban J connectivity index is 1.11. The molecule has 0 heterocycles. The molecule has 188 valence electrons. The molecule has 2 aromatic rings. The molecular formula is C30H33NO4S. The van der Waals surface area contributed by atoms with Gasteiger partial charge in [-0.3, -0.25) is 0 Å². The van der Waals surface area contributed by atoms with E-state index in [1.165, 1.54) is 39.2 Å². The fraction of sp³-hybridized carbons (Fsp3) is 0.367. The van der Waals surface area contributed by atoms with Crippen molar-refractivity contribution >= 4 is 15.9 Å². The number of ether oxygens (including phenoxy) is 1. The van der Waals surface area contributed by atoms with Gasteiger partial charge in [-0.2, -0.15) is 0 Å². The Labute approximate surface area is 214 Å². The van der Waals surface area contributed by atoms with E-state index in [4.69, 9.17) is 4.74 Å². The zero-order chi connectivity index (χ0) is 25.3. The standard InChI is InChI=1S/C30H33NO4S/c1-21-9-12-25(13-10-21)36(33,34)17-16-35-30(32)31(2)15-5-6-22-11-14-27-24(18-22)19-23-7-3-4-8-26(23)28-20-29(27)28/h3-4,6-10,12-14,18,28-29H,5,11,15-17,19-20H2,1-2H3. The van der Waals surface area contributed by atoms with Gasteiger partial charge >= 0.3 is 6.09 Å². The van der Waals surface area contributed by atoms with E-state index in [-0.39, 0.29) is 17.3 Å². The Bertz CT molecular complexity index is 1350. The number of carbonyl (C=O) groups is 1. The molecule has 1 saturated carbocycles. The van der Waals surface area contributed by atoms with Crippen molar-refractivity contribution in [2.24, 2.45) is 5.92 Å². The minimum absolute atomic E-state index is 0.163. The molecule has 36 heavy (non-hydrogen) atoms. The maximum atomic E-state index is 12.4. The lowest BCUT2D eigenvalue weighted by Crippen LogP contribution is -2.29. The van der Waals surface area contributed by atoms with Crippen LogP contribution in [0.2, 0.25) is 0 Å². The largest absolute Gasteiger partial charge is 0.448 e. The van der Waals surface area contributed by atoms with Crippen LogP contribution >= 0.6 is 0 Å². The van der Waals surface area contributed by atoms with Crippen LogP contribution in [0.25, 0.3) is 0 Å². The van der Waals surface area contributed by atoms with E-state index in [9.17, 15) is 13.2 Å². The molecule has 0 saturated heterocycles. The number of sulfone groups is 1. The van der Waals surface area contributed by atoms with Crippen molar-refractivity contribution in [2.75, 3.05) is 26.0 Å². The molecule has 3 aliphatic carbocycles. The fourth-order valence-electron chi connectivity index (χ4n) is 5.30. The van der Waals surface area contributed by atoms with Crippen LogP contribution in [0, 0.1) is 12.8 Å². The van der Waals surface area contributed by atoms with Crippen molar-refractivity contribution in [2.45, 2.75) is 43.4 Å². The van der Waals surface area contributed by atoms with Crippen molar-refractivity contribution < 1.29 is 17.9 Å². The summed E-state index contributed by atoms with van der Waals surface area (Å²) in [4.78, 5) is 14.1. The summed E-state index contributed by atoms with van der Waals surface area (Å²) in [6.45, 7) is 2.26. The Morgan fingerprint density at radius 3 is 2.69 bits per heavy atom. The van der Waals surface area contributed by atoms with Crippen molar-refractivity contribution in [1.29, 1.82) is 0 Å². The molecule has 0 radical (unpaired) electrons. The highest BCUT2D eigenvalue weighted by Gasteiger charge is 2.45. The van der Waals surface area contributed by atoms with Gasteiger partial charge in [0.1, 0.15) is 6.61 Å². The second kappa shape index (κ2) is 10.1. The first kappa shape index (κ1) is 24.6. The molecule has 1 amide bonds. The predicted molar refractivity (Wildman–Crippen MR) is 142 cm³/mol. The van der Waals surface area contributed by atoms with Gasteiger partial charge in [-0.05, 0) is 84.4 Å². The van der Waals surface area contributed by atoms with E-state index >= 15 is 0 Å². The van der Waals surface area contributed by atoms with Gasteiger partial charge < -0.3 is 9.64 Å². The zero-order valence-electron chi connectivity index (χ0n) is 20.9. The van der Waals surface area contributed by atoms with Crippen LogP contribution in [-0.4, -0.2) is 45.4 Å². The smallest absolute Gasteiger partial charge is 0.409 e. The number of amides is 1. The molecule has 0 bridgehead atoms. The van der Waals surface area contributed by atoms with E-state index in [0.29, 0.717) is 18.4 Å². The topological polar surface area (TPSA) is 63.7 Å². The molecular weight excluding hydrogens is 470 g/mol. The number of fused-ring (bicyclic) bond motifs is 5. The highest BCUT2D eigenvalue weighted by molar-refractivity contribution is 7.91. The maximum Gasteiger partial charge on any atom is 0.409 e. The number of hydrogen-bond acceptors (Lipinski definition) is 4. The Kier molecular flexibility index (Phi) is 6.89. The second-order valence-electron chi connectivity index (χ2n) is 10.1. The molecule has 5 rings (SSSR count). The quantitative estimate of drug-likeness (QED) is 0.481. The zero-order valence-corrected chi connectivity index (χ0v) is 21.8. The molecule has 3 aliphatic rings. The second-order valence-corrected chi connectivity index (χ2v) is 12.2. The SMILES string of the molecule is Cc1ccc(S(=O)(=O)CCOC(=O)N(C)CCC=C2C=C3Cc4ccccc4C4CC4C3=CC2)cc1. The van der Waals surface area contributed by atoms with Crippen LogP contribution in [0.5, 0.6) is 0 Å². The Morgan fingerprint density at radius 2 is 1.89 bits per heavy atom. The predicted octanol–water partition coefficient (Wildman–Crippen LogP) is 5.77. The van der Waals surface area contributed by atoms with Gasteiger partial charge in [0.05, 0.1) is 10.6 Å². The third-order valence-electron chi connectivity index (χ3n) is 7.45. The van der Waals surface area contributed by atoms with Gasteiger partial charge in [-0.25, -0.2) is 13.2 Å². The molecule has 6 heteroatoms. The molecule has 1 fully saturated rings. The summed E-state index contributed by atoms with van der Waals surface area (Å²) >= 11 is 0. The van der Waals surface area contributed by atoms with Crippen LogP contribution in [0.3, 0.4) is 0 Å². The van der Waals surface area contributed by atoms with Gasteiger partial charge in [0.25, 0.3) is 0 Å². The summed E-state index contributed by atoms with van der Waals surface area (Å²) in [7, 11) is -1.80. The third-order valence-corrected chi connectivity index (χ3v) is 9.15. The van der Waals surface area contributed by atoms with Gasteiger partial charge in [-0.15, -0.1) is 0 Å². The minimum atomic E-state index is -3.48. The normalized spacial score (nSPS) is 21.3. The molecule has 5 nitrogen and oxygen atoms in total. The lowest BCUT2D eigenvalue weighted by molar-refractivity contribution is 0.117. The number of benzene rings is 2. The van der Waals surface area contributed by atoms with Crippen LogP contribution in [0.1, 0.15) is 41.9 Å². The number of carbonyl (C=O) groups excluding carboxylic acids is 1. The molecule has 2 unspecified atom stereocenters. The summed E-state index contributed by atoms with van der Waals surface area (Å²) in [6, 6.07) is 15.5. The van der Waals surface area contributed by atoms with E-state index in [2.05, 4.69) is 42.5 Å². The van der Waals surface area contributed by atoms with E-state index in [1.807, 2.05) is 6.92 Å². The lowest BCUT2D eigenvalue weighted by Gasteiger charge is -2.18. The molecule has 0 aliphatic heterocycles. The van der Waals surface area contributed by atoms with E-state index in [0.717, 1.165) is 24.8 Å². The first-order chi connectivity index (χ1) is 17.3. The number of nitrogens with zero attached hydrogens (tertiary/aromatic N) is 1. The number of allylic oxidation sites excluding steroid dienone is 5. The number of rotatable bonds is 7. The minimum Gasteiger partial charge on any atom is -0.448 e. The number of hydrogen-bond donors (Lipinski definition) is 0. The van der Waals surface area contributed by atoms with E-state index in [1.54, 1.807) is 31.3 Å². The van der Waals surface area contributed by atoms with Crippen LogP contribution in [0.15, 0.2) is 88.4 Å². The van der Waals surface area contributed by atoms with Gasteiger partial charge in [0.15, 0.2) is 9.84 Å². The first-order valence-corrected chi connectivity index (χ1v) is 14.3. The van der Waals surface area contributed by atoms with Gasteiger partial charge in [0, 0.05) is 13.6 Å². The molecule has 0 N–H and O–H groups in total.